The summed E-state index contributed by atoms with van der Waals surface area (Å²) in [5, 5.41) is 24.3. The molecular weight excluding hydrogens is 578 g/mol. The number of rotatable bonds is 5. The monoisotopic (exact) mass is 591 g/mol. The summed E-state index contributed by atoms with van der Waals surface area (Å²) in [6, 6.07) is 26.7. The maximum Gasteiger partial charge on any atom is 0.278 e. The third-order valence-electron chi connectivity index (χ3n) is 5.71. The Morgan fingerprint density at radius 1 is 0.657 bits per heavy atom. The molecule has 4 aromatic carbocycles. The van der Waals surface area contributed by atoms with Crippen molar-refractivity contribution in [2.45, 2.75) is 0 Å². The van der Waals surface area contributed by atoms with Crippen LogP contribution in [0.25, 0.3) is 39.0 Å². The lowest BCUT2D eigenvalue weighted by atomic mass is 10.0. The van der Waals surface area contributed by atoms with Crippen molar-refractivity contribution >= 4 is 54.1 Å². The van der Waals surface area contributed by atoms with Crippen molar-refractivity contribution in [3.8, 4) is 28.1 Å². The van der Waals surface area contributed by atoms with Crippen LogP contribution >= 0.6 is 31.9 Å². The van der Waals surface area contributed by atoms with Gasteiger partial charge in [0.15, 0.2) is 0 Å². The maximum atomic E-state index is 11.9. The molecule has 0 radical (unpaired) electrons. The lowest BCUT2D eigenvalue weighted by Crippen LogP contribution is -1.99. The standard InChI is InChI=1S/C26H15Br2N3O4/c27-18-7-10-24(30(32)33)21(14-18)16-6-9-23-17(12-16)13-26(29(23)20-4-2-1-3-5-20)22-15-19(28)8-11-25(22)31(34)35/h1-15H. The molecule has 0 amide bonds. The zero-order valence-electron chi connectivity index (χ0n) is 17.9. The largest absolute Gasteiger partial charge is 0.309 e. The number of aromatic nitrogens is 1. The fraction of sp³-hybridized carbons (Fsp3) is 0. The number of nitro benzene ring substituents is 2. The lowest BCUT2D eigenvalue weighted by molar-refractivity contribution is -0.384. The highest BCUT2D eigenvalue weighted by Gasteiger charge is 2.22. The predicted molar refractivity (Wildman–Crippen MR) is 143 cm³/mol. The van der Waals surface area contributed by atoms with Gasteiger partial charge in [-0.25, -0.2) is 0 Å². The van der Waals surface area contributed by atoms with Crippen molar-refractivity contribution in [2.75, 3.05) is 0 Å². The van der Waals surface area contributed by atoms with Gasteiger partial charge in [0.2, 0.25) is 0 Å². The van der Waals surface area contributed by atoms with Crippen LogP contribution in [0, 0.1) is 20.2 Å². The van der Waals surface area contributed by atoms with Crippen LogP contribution in [0.3, 0.4) is 0 Å². The fourth-order valence-electron chi connectivity index (χ4n) is 4.21. The smallest absolute Gasteiger partial charge is 0.278 e. The third-order valence-corrected chi connectivity index (χ3v) is 6.70. The number of fused-ring (bicyclic) bond motifs is 1. The second-order valence-electron chi connectivity index (χ2n) is 7.81. The highest BCUT2D eigenvalue weighted by Crippen LogP contribution is 2.40. The van der Waals surface area contributed by atoms with Crippen LogP contribution in [0.5, 0.6) is 0 Å². The number of hydrogen-bond acceptors (Lipinski definition) is 4. The third kappa shape index (κ3) is 4.24. The van der Waals surface area contributed by atoms with Gasteiger partial charge in [-0.2, -0.15) is 0 Å². The summed E-state index contributed by atoms with van der Waals surface area (Å²) in [6.07, 6.45) is 0. The lowest BCUT2D eigenvalue weighted by Gasteiger charge is -2.12. The van der Waals surface area contributed by atoms with Crippen LogP contribution in [0.2, 0.25) is 0 Å². The van der Waals surface area contributed by atoms with Gasteiger partial charge in [0, 0.05) is 32.2 Å². The van der Waals surface area contributed by atoms with E-state index in [0.29, 0.717) is 26.9 Å². The van der Waals surface area contributed by atoms with E-state index in [9.17, 15) is 20.2 Å². The molecule has 0 aliphatic rings. The van der Waals surface area contributed by atoms with E-state index in [0.717, 1.165) is 21.1 Å². The molecule has 0 atom stereocenters. The molecule has 5 aromatic rings. The highest BCUT2D eigenvalue weighted by molar-refractivity contribution is 9.10. The molecule has 5 rings (SSSR count). The predicted octanol–water partition coefficient (Wildman–Crippen LogP) is 8.31. The van der Waals surface area contributed by atoms with E-state index in [1.807, 2.05) is 59.2 Å². The summed E-state index contributed by atoms with van der Waals surface area (Å²) in [4.78, 5) is 22.7. The van der Waals surface area contributed by atoms with Crippen LogP contribution in [0.4, 0.5) is 11.4 Å². The molecule has 172 valence electrons. The van der Waals surface area contributed by atoms with Crippen LogP contribution in [0.15, 0.2) is 99.9 Å². The molecule has 0 bridgehead atoms. The molecule has 0 N–H and O–H groups in total. The Bertz CT molecular complexity index is 1630. The molecule has 0 spiro atoms. The molecule has 7 nitrogen and oxygen atoms in total. The molecule has 0 fully saturated rings. The van der Waals surface area contributed by atoms with Gasteiger partial charge in [0.25, 0.3) is 11.4 Å². The molecule has 0 saturated heterocycles. The number of nitrogens with zero attached hydrogens (tertiary/aromatic N) is 3. The van der Waals surface area contributed by atoms with E-state index in [-0.39, 0.29) is 11.4 Å². The summed E-state index contributed by atoms with van der Waals surface area (Å²) in [6.45, 7) is 0. The van der Waals surface area contributed by atoms with Crippen LogP contribution in [-0.2, 0) is 0 Å². The summed E-state index contributed by atoms with van der Waals surface area (Å²) in [5.41, 5.74) is 3.89. The van der Waals surface area contributed by atoms with Gasteiger partial charge >= 0.3 is 0 Å². The van der Waals surface area contributed by atoms with Crippen molar-refractivity contribution in [3.05, 3.63) is 120 Å². The van der Waals surface area contributed by atoms with Gasteiger partial charge in [-0.15, -0.1) is 0 Å². The normalized spacial score (nSPS) is 11.0. The molecule has 9 heteroatoms. The van der Waals surface area contributed by atoms with E-state index in [2.05, 4.69) is 31.9 Å². The summed E-state index contributed by atoms with van der Waals surface area (Å²) < 4.78 is 3.40. The first-order valence-electron chi connectivity index (χ1n) is 10.4. The molecule has 0 saturated carbocycles. The first-order valence-corrected chi connectivity index (χ1v) is 12.0. The minimum absolute atomic E-state index is 0.00195. The fourth-order valence-corrected chi connectivity index (χ4v) is 4.93. The second-order valence-corrected chi connectivity index (χ2v) is 9.64. The maximum absolute atomic E-state index is 11.9. The minimum atomic E-state index is -0.405. The molecular formula is C26H15Br2N3O4. The van der Waals surface area contributed by atoms with E-state index in [1.165, 1.54) is 12.1 Å². The van der Waals surface area contributed by atoms with E-state index in [1.54, 1.807) is 24.3 Å². The van der Waals surface area contributed by atoms with Crippen LogP contribution in [0.1, 0.15) is 0 Å². The molecule has 0 unspecified atom stereocenters. The average Bonchev–Trinajstić information content (AvgIpc) is 3.22. The Morgan fingerprint density at radius 3 is 1.89 bits per heavy atom. The van der Waals surface area contributed by atoms with E-state index < -0.39 is 9.85 Å². The van der Waals surface area contributed by atoms with Crippen molar-refractivity contribution in [2.24, 2.45) is 0 Å². The molecule has 0 aliphatic heterocycles. The van der Waals surface area contributed by atoms with Gasteiger partial charge in [-0.1, -0.05) is 56.1 Å². The van der Waals surface area contributed by atoms with Gasteiger partial charge in [0.1, 0.15) is 0 Å². The van der Waals surface area contributed by atoms with Crippen molar-refractivity contribution in [3.63, 3.8) is 0 Å². The van der Waals surface area contributed by atoms with Gasteiger partial charge in [-0.3, -0.25) is 20.2 Å². The SMILES string of the molecule is O=[N+]([O-])c1ccc(Br)cc1-c1ccc2c(c1)cc(-c1cc(Br)ccc1[N+](=O)[O-])n2-c1ccccc1. The van der Waals surface area contributed by atoms with Crippen molar-refractivity contribution in [1.29, 1.82) is 0 Å². The average molecular weight is 593 g/mol. The summed E-state index contributed by atoms with van der Waals surface area (Å²) >= 11 is 6.84. The molecule has 0 aliphatic carbocycles. The zero-order valence-corrected chi connectivity index (χ0v) is 21.1. The number of para-hydroxylation sites is 1. The second kappa shape index (κ2) is 9.09. The number of halogens is 2. The van der Waals surface area contributed by atoms with Gasteiger partial charge < -0.3 is 4.57 Å². The van der Waals surface area contributed by atoms with Crippen LogP contribution < -0.4 is 0 Å². The first kappa shape index (κ1) is 22.9. The molecule has 1 heterocycles. The Kier molecular flexibility index (Phi) is 5.96. The number of hydrogen-bond donors (Lipinski definition) is 0. The molecule has 35 heavy (non-hydrogen) atoms. The van der Waals surface area contributed by atoms with Gasteiger partial charge in [0.05, 0.1) is 32.2 Å². The number of nitro groups is 2. The summed E-state index contributed by atoms with van der Waals surface area (Å²) in [5.74, 6) is 0. The Hall–Kier alpha value is -3.82. The van der Waals surface area contributed by atoms with Gasteiger partial charge in [-0.05, 0) is 60.2 Å². The summed E-state index contributed by atoms with van der Waals surface area (Å²) in [7, 11) is 0. The van der Waals surface area contributed by atoms with Crippen LogP contribution in [-0.4, -0.2) is 14.4 Å². The Labute approximate surface area is 216 Å². The minimum Gasteiger partial charge on any atom is -0.309 e. The Balaban J connectivity index is 1.82. The Morgan fingerprint density at radius 2 is 1.26 bits per heavy atom. The number of benzene rings is 4. The molecule has 1 aromatic heterocycles. The topological polar surface area (TPSA) is 91.2 Å². The first-order chi connectivity index (χ1) is 16.8. The van der Waals surface area contributed by atoms with Crippen molar-refractivity contribution in [1.82, 2.24) is 4.57 Å². The highest BCUT2D eigenvalue weighted by atomic mass is 79.9. The van der Waals surface area contributed by atoms with E-state index >= 15 is 0 Å². The zero-order chi connectivity index (χ0) is 24.7. The van der Waals surface area contributed by atoms with Crippen molar-refractivity contribution < 1.29 is 9.85 Å². The van der Waals surface area contributed by atoms with E-state index in [4.69, 9.17) is 0 Å². The quantitative estimate of drug-likeness (QED) is 0.151.